The summed E-state index contributed by atoms with van der Waals surface area (Å²) in [6.45, 7) is 1.81. The molecule has 1 aliphatic carbocycles. The van der Waals surface area contributed by atoms with Gasteiger partial charge in [0.25, 0.3) is 0 Å². The Labute approximate surface area is 126 Å². The molecule has 7 nitrogen and oxygen atoms in total. The van der Waals surface area contributed by atoms with Crippen molar-refractivity contribution in [3.63, 3.8) is 0 Å². The number of hydrogen-bond donors (Lipinski definition) is 0. The molecule has 1 saturated carbocycles. The molecular formula is C13H14ClN5O2. The lowest BCUT2D eigenvalue weighted by Gasteiger charge is -2.03. The Hall–Kier alpha value is -2.02. The molecule has 0 N–H and O–H groups in total. The van der Waals surface area contributed by atoms with Gasteiger partial charge in [-0.15, -0.1) is 5.10 Å². The van der Waals surface area contributed by atoms with Crippen molar-refractivity contribution in [1.29, 1.82) is 0 Å². The van der Waals surface area contributed by atoms with Crippen LogP contribution in [0.1, 0.15) is 43.0 Å². The first-order valence-corrected chi connectivity index (χ1v) is 7.19. The lowest BCUT2D eigenvalue weighted by molar-refractivity contribution is -0.385. The molecule has 3 rings (SSSR count). The van der Waals surface area contributed by atoms with Crippen molar-refractivity contribution in [3.8, 4) is 5.82 Å². The van der Waals surface area contributed by atoms with Crippen LogP contribution in [-0.4, -0.2) is 24.9 Å². The van der Waals surface area contributed by atoms with Crippen LogP contribution >= 0.6 is 11.6 Å². The van der Waals surface area contributed by atoms with E-state index in [1.165, 1.54) is 4.68 Å². The summed E-state index contributed by atoms with van der Waals surface area (Å²) in [5.74, 6) is 0.487. The molecule has 2 aromatic heterocycles. The van der Waals surface area contributed by atoms with Gasteiger partial charge >= 0.3 is 5.69 Å². The average molecular weight is 308 g/mol. The Morgan fingerprint density at radius 1 is 1.33 bits per heavy atom. The van der Waals surface area contributed by atoms with Crippen molar-refractivity contribution in [2.24, 2.45) is 0 Å². The van der Waals surface area contributed by atoms with Gasteiger partial charge in [0.2, 0.25) is 5.15 Å². The van der Waals surface area contributed by atoms with Crippen molar-refractivity contribution in [2.45, 2.75) is 38.5 Å². The monoisotopic (exact) mass is 307 g/mol. The summed E-state index contributed by atoms with van der Waals surface area (Å²) in [4.78, 5) is 10.9. The number of halogens is 1. The normalized spacial score (nSPS) is 15.5. The van der Waals surface area contributed by atoms with Crippen molar-refractivity contribution in [3.05, 3.63) is 38.8 Å². The molecule has 0 aliphatic heterocycles. The van der Waals surface area contributed by atoms with Crippen molar-refractivity contribution >= 4 is 17.3 Å². The molecule has 0 radical (unpaired) electrons. The number of nitro groups is 1. The Kier molecular flexibility index (Phi) is 3.59. The van der Waals surface area contributed by atoms with Crippen LogP contribution in [0.5, 0.6) is 0 Å². The van der Waals surface area contributed by atoms with Gasteiger partial charge in [-0.25, -0.2) is 0 Å². The Balaban J connectivity index is 2.11. The van der Waals surface area contributed by atoms with Gasteiger partial charge in [0.15, 0.2) is 5.82 Å². The number of nitrogens with zero attached hydrogens (tertiary/aromatic N) is 5. The molecule has 0 saturated heterocycles. The van der Waals surface area contributed by atoms with Gasteiger partial charge < -0.3 is 0 Å². The van der Waals surface area contributed by atoms with E-state index >= 15 is 0 Å². The number of aryl methyl sites for hydroxylation is 1. The largest absolute Gasteiger partial charge is 0.329 e. The van der Waals surface area contributed by atoms with Crippen LogP contribution in [0.25, 0.3) is 5.82 Å². The van der Waals surface area contributed by atoms with E-state index < -0.39 is 4.92 Å². The van der Waals surface area contributed by atoms with E-state index in [-0.39, 0.29) is 16.8 Å². The fourth-order valence-electron chi connectivity index (χ4n) is 2.70. The van der Waals surface area contributed by atoms with Crippen molar-refractivity contribution < 1.29 is 4.92 Å². The van der Waals surface area contributed by atoms with E-state index in [2.05, 4.69) is 15.3 Å². The summed E-state index contributed by atoms with van der Waals surface area (Å²) in [6, 6.07) is 3.46. The van der Waals surface area contributed by atoms with Crippen LogP contribution in [0, 0.1) is 17.0 Å². The van der Waals surface area contributed by atoms with Gasteiger partial charge in [0.05, 0.1) is 10.6 Å². The summed E-state index contributed by atoms with van der Waals surface area (Å²) in [5, 5.41) is 23.6. The molecule has 1 aliphatic rings. The van der Waals surface area contributed by atoms with Gasteiger partial charge in [-0.05, 0) is 31.9 Å². The second-order valence-electron chi connectivity index (χ2n) is 5.21. The second kappa shape index (κ2) is 5.40. The molecule has 0 unspecified atom stereocenters. The first-order valence-electron chi connectivity index (χ1n) is 6.81. The Bertz CT molecular complexity index is 677. The number of rotatable bonds is 3. The van der Waals surface area contributed by atoms with Crippen LogP contribution in [0.2, 0.25) is 5.15 Å². The fourth-order valence-corrected chi connectivity index (χ4v) is 2.99. The Morgan fingerprint density at radius 3 is 2.62 bits per heavy atom. The predicted octanol–water partition coefficient (Wildman–Crippen LogP) is 3.19. The molecule has 1 fully saturated rings. The highest BCUT2D eigenvalue weighted by atomic mass is 35.5. The minimum Gasteiger partial charge on any atom is -0.258 e. The maximum absolute atomic E-state index is 11.3. The van der Waals surface area contributed by atoms with Gasteiger partial charge in [-0.1, -0.05) is 24.4 Å². The highest BCUT2D eigenvalue weighted by molar-refractivity contribution is 6.32. The first-order chi connectivity index (χ1) is 10.1. The lowest BCUT2D eigenvalue weighted by Crippen LogP contribution is -2.03. The third-order valence-electron chi connectivity index (χ3n) is 3.76. The summed E-state index contributed by atoms with van der Waals surface area (Å²) >= 11 is 6.17. The molecule has 2 heterocycles. The maximum atomic E-state index is 11.3. The van der Waals surface area contributed by atoms with E-state index in [0.29, 0.717) is 11.5 Å². The third kappa shape index (κ3) is 2.49. The van der Waals surface area contributed by atoms with Gasteiger partial charge in [0, 0.05) is 5.92 Å². The van der Waals surface area contributed by atoms with Crippen LogP contribution < -0.4 is 0 Å². The van der Waals surface area contributed by atoms with Gasteiger partial charge in [-0.2, -0.15) is 14.9 Å². The molecule has 2 aromatic rings. The van der Waals surface area contributed by atoms with E-state index in [1.807, 2.05) is 6.92 Å². The molecule has 0 atom stereocenters. The van der Waals surface area contributed by atoms with Crippen LogP contribution in [0.4, 0.5) is 5.69 Å². The summed E-state index contributed by atoms with van der Waals surface area (Å²) in [5.41, 5.74) is 1.11. The van der Waals surface area contributed by atoms with E-state index in [0.717, 1.165) is 31.4 Å². The minimum absolute atomic E-state index is 0.0138. The number of aromatic nitrogens is 4. The molecular weight excluding hydrogens is 294 g/mol. The molecule has 0 aromatic carbocycles. The fraction of sp³-hybridized carbons (Fsp3) is 0.462. The second-order valence-corrected chi connectivity index (χ2v) is 5.57. The highest BCUT2D eigenvalue weighted by Gasteiger charge is 2.34. The molecule has 0 spiro atoms. The maximum Gasteiger partial charge on any atom is 0.329 e. The zero-order valence-corrected chi connectivity index (χ0v) is 12.2. The van der Waals surface area contributed by atoms with E-state index in [1.54, 1.807) is 12.1 Å². The zero-order valence-electron chi connectivity index (χ0n) is 11.5. The van der Waals surface area contributed by atoms with Crippen LogP contribution in [0.15, 0.2) is 12.1 Å². The standard InChI is InChI=1S/C13H14ClN5O2/c1-8-6-7-10(16-15-8)18-13(14)12(19(20)21)11(17-18)9-4-2-3-5-9/h6-7,9H,2-5H2,1H3. The summed E-state index contributed by atoms with van der Waals surface area (Å²) in [6.07, 6.45) is 3.95. The third-order valence-corrected chi connectivity index (χ3v) is 4.10. The highest BCUT2D eigenvalue weighted by Crippen LogP contribution is 2.41. The van der Waals surface area contributed by atoms with E-state index in [9.17, 15) is 10.1 Å². The molecule has 110 valence electrons. The Morgan fingerprint density at radius 2 is 2.05 bits per heavy atom. The summed E-state index contributed by atoms with van der Waals surface area (Å²) < 4.78 is 1.31. The average Bonchev–Trinajstić information content (AvgIpc) is 3.07. The van der Waals surface area contributed by atoms with Gasteiger partial charge in [0.1, 0.15) is 5.69 Å². The molecule has 0 amide bonds. The molecule has 8 heteroatoms. The van der Waals surface area contributed by atoms with Crippen LogP contribution in [0.3, 0.4) is 0 Å². The van der Waals surface area contributed by atoms with Gasteiger partial charge in [-0.3, -0.25) is 10.1 Å². The number of hydrogen-bond acceptors (Lipinski definition) is 5. The lowest BCUT2D eigenvalue weighted by atomic mass is 10.0. The van der Waals surface area contributed by atoms with Crippen LogP contribution in [-0.2, 0) is 0 Å². The predicted molar refractivity (Wildman–Crippen MR) is 76.8 cm³/mol. The van der Waals surface area contributed by atoms with E-state index in [4.69, 9.17) is 11.6 Å². The first kappa shape index (κ1) is 13.9. The molecule has 21 heavy (non-hydrogen) atoms. The smallest absolute Gasteiger partial charge is 0.258 e. The minimum atomic E-state index is -0.457. The van der Waals surface area contributed by atoms with Crippen molar-refractivity contribution in [1.82, 2.24) is 20.0 Å². The summed E-state index contributed by atoms with van der Waals surface area (Å²) in [7, 11) is 0. The topological polar surface area (TPSA) is 86.7 Å². The zero-order chi connectivity index (χ0) is 15.0. The van der Waals surface area contributed by atoms with Crippen molar-refractivity contribution in [2.75, 3.05) is 0 Å². The quantitative estimate of drug-likeness (QED) is 0.642. The molecule has 0 bridgehead atoms. The SMILES string of the molecule is Cc1ccc(-n2nc(C3CCCC3)c([N+](=O)[O-])c2Cl)nn1.